The molecule has 0 spiro atoms. The highest BCUT2D eigenvalue weighted by molar-refractivity contribution is 5.78. The molecule has 0 radical (unpaired) electrons. The molecule has 122 valence electrons. The molecule has 2 heterocycles. The van der Waals surface area contributed by atoms with Crippen LogP contribution in [0.25, 0.3) is 0 Å². The normalized spacial score (nSPS) is 32.4. The summed E-state index contributed by atoms with van der Waals surface area (Å²) in [7, 11) is 0. The standard InChI is InChI=1S/C15H24N4O3/c1-11-2-4-12(5-3-11)22-9-14(20)19-7-6-15(21,10-19)13-8-16-18-17-13/h8,11-12,21H,2-7,9-10H2,1H3,(H,16,17,18). The zero-order chi connectivity index (χ0) is 15.6. The van der Waals surface area contributed by atoms with Gasteiger partial charge in [-0.3, -0.25) is 4.79 Å². The van der Waals surface area contributed by atoms with Crippen LogP contribution in [0, 0.1) is 5.92 Å². The summed E-state index contributed by atoms with van der Waals surface area (Å²) in [5.74, 6) is 0.713. The lowest BCUT2D eigenvalue weighted by molar-refractivity contribution is -0.139. The van der Waals surface area contributed by atoms with Crippen LogP contribution in [0.5, 0.6) is 0 Å². The number of nitrogens with zero attached hydrogens (tertiary/aromatic N) is 3. The van der Waals surface area contributed by atoms with Crippen molar-refractivity contribution in [3.05, 3.63) is 11.9 Å². The third-order valence-electron chi connectivity index (χ3n) is 4.90. The zero-order valence-electron chi connectivity index (χ0n) is 13.0. The monoisotopic (exact) mass is 308 g/mol. The molecule has 2 fully saturated rings. The molecule has 2 aliphatic rings. The maximum Gasteiger partial charge on any atom is 0.248 e. The maximum atomic E-state index is 12.3. The number of aromatic amines is 1. The Kier molecular flexibility index (Phi) is 4.44. The summed E-state index contributed by atoms with van der Waals surface area (Å²) in [6.07, 6.45) is 6.62. The number of carbonyl (C=O) groups is 1. The number of H-pyrrole nitrogens is 1. The van der Waals surface area contributed by atoms with E-state index in [1.54, 1.807) is 4.90 Å². The number of amides is 1. The van der Waals surface area contributed by atoms with Gasteiger partial charge in [0.2, 0.25) is 5.91 Å². The van der Waals surface area contributed by atoms with E-state index in [0.717, 1.165) is 18.8 Å². The van der Waals surface area contributed by atoms with Gasteiger partial charge in [0, 0.05) is 13.0 Å². The largest absolute Gasteiger partial charge is 0.381 e. The number of rotatable bonds is 4. The van der Waals surface area contributed by atoms with Crippen LogP contribution in [0.1, 0.15) is 44.7 Å². The SMILES string of the molecule is CC1CCC(OCC(=O)N2CCC(O)(c3cn[nH]n3)C2)CC1. The van der Waals surface area contributed by atoms with Gasteiger partial charge in [0.15, 0.2) is 0 Å². The predicted molar refractivity (Wildman–Crippen MR) is 78.8 cm³/mol. The summed E-state index contributed by atoms with van der Waals surface area (Å²) >= 11 is 0. The molecule has 0 bridgehead atoms. The van der Waals surface area contributed by atoms with Crippen molar-refractivity contribution in [3.63, 3.8) is 0 Å². The summed E-state index contributed by atoms with van der Waals surface area (Å²) in [6, 6.07) is 0. The molecule has 1 saturated heterocycles. The first-order valence-electron chi connectivity index (χ1n) is 8.05. The van der Waals surface area contributed by atoms with Gasteiger partial charge < -0.3 is 14.7 Å². The van der Waals surface area contributed by atoms with Crippen LogP contribution in [0.15, 0.2) is 6.20 Å². The summed E-state index contributed by atoms with van der Waals surface area (Å²) in [4.78, 5) is 13.9. The summed E-state index contributed by atoms with van der Waals surface area (Å²) in [6.45, 7) is 3.14. The molecule has 3 rings (SSSR count). The Labute approximate surface area is 130 Å². The third-order valence-corrected chi connectivity index (χ3v) is 4.90. The van der Waals surface area contributed by atoms with Crippen LogP contribution in [0.2, 0.25) is 0 Å². The molecule has 1 saturated carbocycles. The van der Waals surface area contributed by atoms with E-state index in [1.165, 1.54) is 19.0 Å². The molecule has 1 aromatic heterocycles. The van der Waals surface area contributed by atoms with Crippen molar-refractivity contribution >= 4 is 5.91 Å². The molecule has 1 aliphatic carbocycles. The van der Waals surface area contributed by atoms with Gasteiger partial charge in [-0.1, -0.05) is 6.92 Å². The Balaban J connectivity index is 1.47. The number of hydrogen-bond acceptors (Lipinski definition) is 5. The number of aromatic nitrogens is 3. The fourth-order valence-electron chi connectivity index (χ4n) is 3.32. The molecule has 1 unspecified atom stereocenters. The van der Waals surface area contributed by atoms with Crippen molar-refractivity contribution in [2.75, 3.05) is 19.7 Å². The lowest BCUT2D eigenvalue weighted by Crippen LogP contribution is -2.37. The summed E-state index contributed by atoms with van der Waals surface area (Å²) in [5.41, 5.74) is -0.604. The second-order valence-electron chi connectivity index (χ2n) is 6.65. The summed E-state index contributed by atoms with van der Waals surface area (Å²) < 4.78 is 5.76. The first-order valence-corrected chi connectivity index (χ1v) is 8.05. The Morgan fingerprint density at radius 3 is 2.95 bits per heavy atom. The van der Waals surface area contributed by atoms with Crippen LogP contribution in [0.4, 0.5) is 0 Å². The number of aliphatic hydroxyl groups is 1. The Bertz CT molecular complexity index is 499. The third kappa shape index (κ3) is 3.30. The van der Waals surface area contributed by atoms with Gasteiger partial charge >= 0.3 is 0 Å². The fourth-order valence-corrected chi connectivity index (χ4v) is 3.32. The van der Waals surface area contributed by atoms with E-state index in [9.17, 15) is 9.90 Å². The highest BCUT2D eigenvalue weighted by Crippen LogP contribution is 2.30. The smallest absolute Gasteiger partial charge is 0.248 e. The Morgan fingerprint density at radius 2 is 2.27 bits per heavy atom. The predicted octanol–water partition coefficient (Wildman–Crippen LogP) is 0.820. The minimum absolute atomic E-state index is 0.0574. The van der Waals surface area contributed by atoms with Crippen LogP contribution < -0.4 is 0 Å². The average Bonchev–Trinajstić information content (AvgIpc) is 3.17. The van der Waals surface area contributed by atoms with E-state index in [0.29, 0.717) is 18.7 Å². The molecule has 1 amide bonds. The minimum atomic E-state index is -1.09. The minimum Gasteiger partial charge on any atom is -0.381 e. The van der Waals surface area contributed by atoms with Gasteiger partial charge in [-0.25, -0.2) is 0 Å². The number of ether oxygens (including phenoxy) is 1. The molecular formula is C15H24N4O3. The molecule has 22 heavy (non-hydrogen) atoms. The van der Waals surface area contributed by atoms with Gasteiger partial charge in [0.05, 0.1) is 18.8 Å². The number of β-amino-alcohol motifs (C(OH)–C–C–N with tert-alkyl or cyclic N) is 1. The number of likely N-dealkylation sites (tertiary alicyclic amines) is 1. The number of hydrogen-bond donors (Lipinski definition) is 2. The fraction of sp³-hybridized carbons (Fsp3) is 0.800. The van der Waals surface area contributed by atoms with E-state index in [1.807, 2.05) is 0 Å². The van der Waals surface area contributed by atoms with Crippen molar-refractivity contribution in [2.45, 2.75) is 50.7 Å². The quantitative estimate of drug-likeness (QED) is 0.859. The van der Waals surface area contributed by atoms with Gasteiger partial charge in [0.25, 0.3) is 0 Å². The van der Waals surface area contributed by atoms with Crippen LogP contribution in [0.3, 0.4) is 0 Å². The van der Waals surface area contributed by atoms with E-state index < -0.39 is 5.60 Å². The molecule has 7 heteroatoms. The molecule has 1 atom stereocenters. The van der Waals surface area contributed by atoms with Gasteiger partial charge in [0.1, 0.15) is 17.9 Å². The van der Waals surface area contributed by atoms with Crippen molar-refractivity contribution in [3.8, 4) is 0 Å². The van der Waals surface area contributed by atoms with Gasteiger partial charge in [-0.2, -0.15) is 15.4 Å². The van der Waals surface area contributed by atoms with Crippen molar-refractivity contribution in [1.82, 2.24) is 20.3 Å². The highest BCUT2D eigenvalue weighted by atomic mass is 16.5. The molecule has 0 aromatic carbocycles. The van der Waals surface area contributed by atoms with E-state index in [4.69, 9.17) is 4.74 Å². The van der Waals surface area contributed by atoms with Crippen molar-refractivity contribution < 1.29 is 14.6 Å². The van der Waals surface area contributed by atoms with E-state index in [2.05, 4.69) is 22.3 Å². The van der Waals surface area contributed by atoms with Crippen molar-refractivity contribution in [2.24, 2.45) is 5.92 Å². The van der Waals surface area contributed by atoms with Crippen LogP contribution in [-0.2, 0) is 15.1 Å². The maximum absolute atomic E-state index is 12.3. The lowest BCUT2D eigenvalue weighted by Gasteiger charge is -2.27. The topological polar surface area (TPSA) is 91.3 Å². The molecule has 1 aromatic rings. The van der Waals surface area contributed by atoms with E-state index >= 15 is 0 Å². The Hall–Kier alpha value is -1.47. The Morgan fingerprint density at radius 1 is 1.50 bits per heavy atom. The van der Waals surface area contributed by atoms with Crippen molar-refractivity contribution in [1.29, 1.82) is 0 Å². The zero-order valence-corrected chi connectivity index (χ0v) is 13.0. The molecule has 2 N–H and O–H groups in total. The first kappa shape index (κ1) is 15.4. The second-order valence-corrected chi connectivity index (χ2v) is 6.65. The van der Waals surface area contributed by atoms with Gasteiger partial charge in [-0.15, -0.1) is 0 Å². The number of nitrogens with one attached hydrogen (secondary N) is 1. The first-order chi connectivity index (χ1) is 10.6. The van der Waals surface area contributed by atoms with E-state index in [-0.39, 0.29) is 25.2 Å². The second kappa shape index (κ2) is 6.34. The summed E-state index contributed by atoms with van der Waals surface area (Å²) in [5, 5.41) is 20.7. The van der Waals surface area contributed by atoms with Crippen LogP contribution >= 0.6 is 0 Å². The number of carbonyl (C=O) groups excluding carboxylic acids is 1. The van der Waals surface area contributed by atoms with Gasteiger partial charge in [-0.05, 0) is 31.6 Å². The molecule has 7 nitrogen and oxygen atoms in total. The average molecular weight is 308 g/mol. The highest BCUT2D eigenvalue weighted by Gasteiger charge is 2.41. The van der Waals surface area contributed by atoms with Crippen LogP contribution in [-0.4, -0.2) is 57.1 Å². The molecule has 1 aliphatic heterocycles. The lowest BCUT2D eigenvalue weighted by atomic mass is 9.89. The molecular weight excluding hydrogens is 284 g/mol.